The SMILES string of the molecule is COc1ccccc1N1C(N)=NCC1(C)C1CCCCC1. The van der Waals surface area contributed by atoms with Gasteiger partial charge in [-0.25, -0.2) is 0 Å². The maximum atomic E-state index is 6.24. The highest BCUT2D eigenvalue weighted by Crippen LogP contribution is 2.43. The molecule has 1 saturated carbocycles. The molecule has 1 aromatic rings. The first-order valence-electron chi connectivity index (χ1n) is 7.90. The molecule has 0 amide bonds. The maximum Gasteiger partial charge on any atom is 0.196 e. The molecule has 0 bridgehead atoms. The van der Waals surface area contributed by atoms with Crippen molar-refractivity contribution in [2.45, 2.75) is 44.6 Å². The number of guanidine groups is 1. The summed E-state index contributed by atoms with van der Waals surface area (Å²) in [6.07, 6.45) is 6.54. The molecule has 0 aromatic heterocycles. The van der Waals surface area contributed by atoms with Crippen LogP contribution in [-0.2, 0) is 0 Å². The van der Waals surface area contributed by atoms with Crippen LogP contribution in [0.2, 0.25) is 0 Å². The molecule has 2 N–H and O–H groups in total. The number of methoxy groups -OCH3 is 1. The summed E-state index contributed by atoms with van der Waals surface area (Å²) in [7, 11) is 1.71. The van der Waals surface area contributed by atoms with Crippen LogP contribution in [0.1, 0.15) is 39.0 Å². The highest BCUT2D eigenvalue weighted by molar-refractivity contribution is 5.99. The number of hydrogen-bond donors (Lipinski definition) is 1. The molecule has 1 heterocycles. The zero-order valence-electron chi connectivity index (χ0n) is 13.0. The van der Waals surface area contributed by atoms with Gasteiger partial charge in [0.1, 0.15) is 5.75 Å². The van der Waals surface area contributed by atoms with E-state index in [2.05, 4.69) is 22.9 Å². The van der Waals surface area contributed by atoms with Gasteiger partial charge >= 0.3 is 0 Å². The largest absolute Gasteiger partial charge is 0.495 e. The number of nitrogens with two attached hydrogens (primary N) is 1. The van der Waals surface area contributed by atoms with Crippen molar-refractivity contribution in [3.8, 4) is 5.75 Å². The van der Waals surface area contributed by atoms with Crippen molar-refractivity contribution in [3.05, 3.63) is 24.3 Å². The minimum Gasteiger partial charge on any atom is -0.495 e. The lowest BCUT2D eigenvalue weighted by Gasteiger charge is -2.44. The van der Waals surface area contributed by atoms with Crippen LogP contribution in [0.3, 0.4) is 0 Å². The van der Waals surface area contributed by atoms with Crippen molar-refractivity contribution in [3.63, 3.8) is 0 Å². The normalized spacial score (nSPS) is 26.8. The Labute approximate surface area is 127 Å². The molecule has 1 fully saturated rings. The molecule has 1 aromatic carbocycles. The molecule has 0 spiro atoms. The molecule has 0 radical (unpaired) electrons. The predicted molar refractivity (Wildman–Crippen MR) is 86.9 cm³/mol. The zero-order valence-corrected chi connectivity index (χ0v) is 13.0. The molecule has 3 rings (SSSR count). The standard InChI is InChI=1S/C17H25N3O/c1-17(13-8-4-3-5-9-13)12-19-16(18)20(17)14-10-6-7-11-15(14)21-2/h6-7,10-11,13H,3-5,8-9,12H2,1-2H3,(H2,18,19). The second-order valence-electron chi connectivity index (χ2n) is 6.37. The van der Waals surface area contributed by atoms with Crippen LogP contribution in [0.4, 0.5) is 5.69 Å². The van der Waals surface area contributed by atoms with E-state index in [1.54, 1.807) is 7.11 Å². The van der Waals surface area contributed by atoms with Crippen molar-refractivity contribution in [2.75, 3.05) is 18.6 Å². The van der Waals surface area contributed by atoms with Gasteiger partial charge in [-0.1, -0.05) is 31.4 Å². The first kappa shape index (κ1) is 14.2. The van der Waals surface area contributed by atoms with Gasteiger partial charge in [0, 0.05) is 0 Å². The van der Waals surface area contributed by atoms with Gasteiger partial charge < -0.3 is 15.4 Å². The van der Waals surface area contributed by atoms with Crippen LogP contribution in [0.5, 0.6) is 5.75 Å². The van der Waals surface area contributed by atoms with Gasteiger partial charge in [-0.3, -0.25) is 4.99 Å². The summed E-state index contributed by atoms with van der Waals surface area (Å²) in [6, 6.07) is 8.09. The van der Waals surface area contributed by atoms with E-state index in [1.165, 1.54) is 32.1 Å². The Bertz CT molecular complexity index is 537. The Morgan fingerprint density at radius 1 is 1.24 bits per heavy atom. The minimum absolute atomic E-state index is 0.0286. The number of rotatable bonds is 3. The number of ether oxygens (including phenoxy) is 1. The van der Waals surface area contributed by atoms with Gasteiger partial charge in [0.2, 0.25) is 0 Å². The first-order valence-corrected chi connectivity index (χ1v) is 7.90. The van der Waals surface area contributed by atoms with E-state index in [-0.39, 0.29) is 5.54 Å². The Balaban J connectivity index is 1.98. The third kappa shape index (κ3) is 2.37. The highest BCUT2D eigenvalue weighted by atomic mass is 16.5. The molecule has 21 heavy (non-hydrogen) atoms. The van der Waals surface area contributed by atoms with E-state index in [0.29, 0.717) is 11.9 Å². The minimum atomic E-state index is -0.0286. The summed E-state index contributed by atoms with van der Waals surface area (Å²) in [5.41, 5.74) is 7.24. The quantitative estimate of drug-likeness (QED) is 0.929. The Morgan fingerprint density at radius 2 is 1.95 bits per heavy atom. The molecular weight excluding hydrogens is 262 g/mol. The number of aliphatic imine (C=N–C) groups is 1. The lowest BCUT2D eigenvalue weighted by molar-refractivity contribution is 0.237. The fourth-order valence-corrected chi connectivity index (χ4v) is 3.89. The Hall–Kier alpha value is -1.71. The summed E-state index contributed by atoms with van der Waals surface area (Å²) in [5.74, 6) is 2.12. The molecule has 114 valence electrons. The smallest absolute Gasteiger partial charge is 0.196 e. The van der Waals surface area contributed by atoms with E-state index < -0.39 is 0 Å². The molecule has 1 unspecified atom stereocenters. The number of benzene rings is 1. The number of anilines is 1. The lowest BCUT2D eigenvalue weighted by atomic mass is 9.75. The van der Waals surface area contributed by atoms with Gasteiger partial charge in [-0.05, 0) is 37.8 Å². The van der Waals surface area contributed by atoms with Gasteiger partial charge in [-0.2, -0.15) is 0 Å². The first-order chi connectivity index (χ1) is 10.2. The van der Waals surface area contributed by atoms with Gasteiger partial charge in [0.05, 0.1) is 24.9 Å². The van der Waals surface area contributed by atoms with Crippen molar-refractivity contribution in [2.24, 2.45) is 16.6 Å². The van der Waals surface area contributed by atoms with Crippen LogP contribution < -0.4 is 15.4 Å². The van der Waals surface area contributed by atoms with Gasteiger partial charge in [0.15, 0.2) is 5.96 Å². The van der Waals surface area contributed by atoms with E-state index in [0.717, 1.165) is 18.0 Å². The average Bonchev–Trinajstić information content (AvgIpc) is 2.84. The number of nitrogens with zero attached hydrogens (tertiary/aromatic N) is 2. The maximum absolute atomic E-state index is 6.24. The monoisotopic (exact) mass is 287 g/mol. The van der Waals surface area contributed by atoms with Crippen LogP contribution in [0.15, 0.2) is 29.3 Å². The Kier molecular flexibility index (Phi) is 3.79. The van der Waals surface area contributed by atoms with Crippen LogP contribution in [-0.4, -0.2) is 25.2 Å². The van der Waals surface area contributed by atoms with Crippen molar-refractivity contribution < 1.29 is 4.74 Å². The molecule has 1 aliphatic heterocycles. The summed E-state index contributed by atoms with van der Waals surface area (Å²) >= 11 is 0. The van der Waals surface area contributed by atoms with Crippen LogP contribution >= 0.6 is 0 Å². The van der Waals surface area contributed by atoms with Gasteiger partial charge in [0.25, 0.3) is 0 Å². The van der Waals surface area contributed by atoms with Crippen LogP contribution in [0, 0.1) is 5.92 Å². The van der Waals surface area contributed by atoms with E-state index in [1.807, 2.05) is 18.2 Å². The predicted octanol–water partition coefficient (Wildman–Crippen LogP) is 3.17. The summed E-state index contributed by atoms with van der Waals surface area (Å²) in [4.78, 5) is 6.77. The number of para-hydroxylation sites is 2. The second kappa shape index (κ2) is 5.58. The molecule has 2 aliphatic rings. The molecule has 4 heteroatoms. The van der Waals surface area contributed by atoms with Crippen LogP contribution in [0.25, 0.3) is 0 Å². The van der Waals surface area contributed by atoms with E-state index in [9.17, 15) is 0 Å². The highest BCUT2D eigenvalue weighted by Gasteiger charge is 2.46. The van der Waals surface area contributed by atoms with Gasteiger partial charge in [-0.15, -0.1) is 0 Å². The van der Waals surface area contributed by atoms with Crippen molar-refractivity contribution in [1.29, 1.82) is 0 Å². The summed E-state index contributed by atoms with van der Waals surface area (Å²) in [6.45, 7) is 3.08. The van der Waals surface area contributed by atoms with E-state index in [4.69, 9.17) is 10.5 Å². The third-order valence-corrected chi connectivity index (χ3v) is 5.11. The number of hydrogen-bond acceptors (Lipinski definition) is 4. The second-order valence-corrected chi connectivity index (χ2v) is 6.37. The van der Waals surface area contributed by atoms with E-state index >= 15 is 0 Å². The topological polar surface area (TPSA) is 50.9 Å². The van der Waals surface area contributed by atoms with Crippen molar-refractivity contribution >= 4 is 11.6 Å². The zero-order chi connectivity index (χ0) is 14.9. The Morgan fingerprint density at radius 3 is 2.67 bits per heavy atom. The molecule has 0 saturated heterocycles. The fraction of sp³-hybridized carbons (Fsp3) is 0.588. The average molecular weight is 287 g/mol. The summed E-state index contributed by atoms with van der Waals surface area (Å²) in [5, 5.41) is 0. The molecule has 1 atom stereocenters. The fourth-order valence-electron chi connectivity index (χ4n) is 3.89. The molecular formula is C17H25N3O. The molecule has 1 aliphatic carbocycles. The summed E-state index contributed by atoms with van der Waals surface area (Å²) < 4.78 is 5.53. The lowest BCUT2D eigenvalue weighted by Crippen LogP contribution is -2.55. The van der Waals surface area contributed by atoms with Crippen molar-refractivity contribution in [1.82, 2.24) is 0 Å². The third-order valence-electron chi connectivity index (χ3n) is 5.11. The molecule has 4 nitrogen and oxygen atoms in total.